The highest BCUT2D eigenvalue weighted by atomic mass is 16.3. The second kappa shape index (κ2) is 13.1. The van der Waals surface area contributed by atoms with Crippen LogP contribution in [0.15, 0.2) is 223 Å². The van der Waals surface area contributed by atoms with Gasteiger partial charge in [0, 0.05) is 16.3 Å². The van der Waals surface area contributed by atoms with Crippen LogP contribution >= 0.6 is 0 Å². The van der Waals surface area contributed by atoms with Gasteiger partial charge in [-0.05, 0) is 139 Å². The molecule has 1 heteroatoms. The van der Waals surface area contributed by atoms with Gasteiger partial charge in [0.25, 0.3) is 0 Å². The standard InChI is InChI=1S/C62H36O/c1-2-10-37(11-3-1)47-27-23-41-26-31-52-50(28-24-42-25-30-51(47)59(41)60(42)52)53-33-32-49(62-61(53)56-34-43-13-4-5-14-44(43)36-57(56)63-62)39-18-20-40(21-19-39)58-48-17-9-7-15-45(48)35-55-46-16-8-6-12-38(46)22-29-54(55)58/h1-36H. The number of fused-ring (bicyclic) bond motifs is 8. The lowest BCUT2D eigenvalue weighted by molar-refractivity contribution is 0.670. The first-order valence-corrected chi connectivity index (χ1v) is 21.8. The van der Waals surface area contributed by atoms with E-state index in [-0.39, 0.29) is 0 Å². The number of rotatable bonds is 4. The Morgan fingerprint density at radius 2 is 0.762 bits per heavy atom. The highest BCUT2D eigenvalue weighted by Crippen LogP contribution is 2.48. The van der Waals surface area contributed by atoms with Crippen LogP contribution in [0.2, 0.25) is 0 Å². The molecule has 0 aliphatic heterocycles. The average Bonchev–Trinajstić information content (AvgIpc) is 3.72. The van der Waals surface area contributed by atoms with Crippen molar-refractivity contribution in [3.8, 4) is 44.5 Å². The Morgan fingerprint density at radius 3 is 1.54 bits per heavy atom. The van der Waals surface area contributed by atoms with E-state index < -0.39 is 0 Å². The van der Waals surface area contributed by atoms with Crippen LogP contribution in [0, 0.1) is 0 Å². The Balaban J connectivity index is 0.993. The molecular weight excluding hydrogens is 761 g/mol. The molecule has 0 saturated carbocycles. The number of benzene rings is 13. The van der Waals surface area contributed by atoms with E-state index in [1.54, 1.807) is 0 Å². The molecule has 0 saturated heterocycles. The lowest BCUT2D eigenvalue weighted by atomic mass is 9.86. The van der Waals surface area contributed by atoms with Crippen LogP contribution in [-0.4, -0.2) is 0 Å². The first-order valence-electron chi connectivity index (χ1n) is 21.8. The largest absolute Gasteiger partial charge is 0.455 e. The Morgan fingerprint density at radius 1 is 0.238 bits per heavy atom. The molecule has 0 unspecified atom stereocenters. The van der Waals surface area contributed by atoms with Crippen LogP contribution in [0.3, 0.4) is 0 Å². The minimum Gasteiger partial charge on any atom is -0.455 e. The van der Waals surface area contributed by atoms with E-state index in [4.69, 9.17) is 4.42 Å². The lowest BCUT2D eigenvalue weighted by Crippen LogP contribution is -1.90. The molecule has 0 bridgehead atoms. The summed E-state index contributed by atoms with van der Waals surface area (Å²) >= 11 is 0. The molecule has 0 spiro atoms. The minimum absolute atomic E-state index is 0.897. The highest BCUT2D eigenvalue weighted by Gasteiger charge is 2.22. The summed E-state index contributed by atoms with van der Waals surface area (Å²) in [5, 5.41) is 19.9. The quantitative estimate of drug-likeness (QED) is 0.128. The molecule has 1 aromatic heterocycles. The molecule has 0 fully saturated rings. The first kappa shape index (κ1) is 34.5. The van der Waals surface area contributed by atoms with Crippen molar-refractivity contribution in [3.63, 3.8) is 0 Å². The third kappa shape index (κ3) is 5.05. The van der Waals surface area contributed by atoms with Gasteiger partial charge in [0.2, 0.25) is 0 Å². The molecule has 0 radical (unpaired) electrons. The van der Waals surface area contributed by atoms with Gasteiger partial charge in [0.05, 0.1) is 0 Å². The summed E-state index contributed by atoms with van der Waals surface area (Å²) < 4.78 is 7.07. The van der Waals surface area contributed by atoms with Gasteiger partial charge in [-0.1, -0.05) is 194 Å². The summed E-state index contributed by atoms with van der Waals surface area (Å²) in [5.41, 5.74) is 11.4. The van der Waals surface area contributed by atoms with Gasteiger partial charge in [-0.3, -0.25) is 0 Å². The summed E-state index contributed by atoms with van der Waals surface area (Å²) in [6.45, 7) is 0. The number of hydrogen-bond acceptors (Lipinski definition) is 1. The number of furan rings is 1. The van der Waals surface area contributed by atoms with Gasteiger partial charge in [0.1, 0.15) is 11.2 Å². The van der Waals surface area contributed by atoms with Crippen LogP contribution in [0.4, 0.5) is 0 Å². The van der Waals surface area contributed by atoms with Crippen molar-refractivity contribution < 1.29 is 4.42 Å². The highest BCUT2D eigenvalue weighted by molar-refractivity contribution is 6.29. The maximum Gasteiger partial charge on any atom is 0.143 e. The second-order valence-corrected chi connectivity index (χ2v) is 17.1. The van der Waals surface area contributed by atoms with Gasteiger partial charge in [-0.2, -0.15) is 0 Å². The molecule has 0 N–H and O–H groups in total. The first-order chi connectivity index (χ1) is 31.2. The van der Waals surface area contributed by atoms with Crippen molar-refractivity contribution in [2.24, 2.45) is 0 Å². The molecular formula is C62H36O. The minimum atomic E-state index is 0.897. The molecule has 0 aliphatic carbocycles. The monoisotopic (exact) mass is 796 g/mol. The molecule has 13 aromatic carbocycles. The topological polar surface area (TPSA) is 13.1 Å². The fourth-order valence-corrected chi connectivity index (χ4v) is 10.9. The van der Waals surface area contributed by atoms with Crippen LogP contribution in [-0.2, 0) is 0 Å². The summed E-state index contributed by atoms with van der Waals surface area (Å²) in [6, 6.07) is 80.5. The zero-order valence-corrected chi connectivity index (χ0v) is 34.2. The van der Waals surface area contributed by atoms with Crippen LogP contribution in [0.5, 0.6) is 0 Å². The Labute approximate surface area is 363 Å². The molecule has 0 amide bonds. The third-order valence-electron chi connectivity index (χ3n) is 13.8. The average molecular weight is 797 g/mol. The Bertz CT molecular complexity index is 4170. The van der Waals surface area contributed by atoms with Crippen LogP contribution in [0.1, 0.15) is 0 Å². The molecule has 0 atom stereocenters. The van der Waals surface area contributed by atoms with Gasteiger partial charge >= 0.3 is 0 Å². The van der Waals surface area contributed by atoms with Crippen molar-refractivity contribution in [1.29, 1.82) is 0 Å². The Kier molecular flexibility index (Phi) is 7.17. The molecule has 290 valence electrons. The summed E-state index contributed by atoms with van der Waals surface area (Å²) in [5.74, 6) is 0. The normalized spacial score (nSPS) is 12.1. The maximum absolute atomic E-state index is 7.07. The molecule has 1 heterocycles. The van der Waals surface area contributed by atoms with Crippen molar-refractivity contribution in [1.82, 2.24) is 0 Å². The summed E-state index contributed by atoms with van der Waals surface area (Å²) in [4.78, 5) is 0. The smallest absolute Gasteiger partial charge is 0.143 e. The summed E-state index contributed by atoms with van der Waals surface area (Å²) in [6.07, 6.45) is 0. The predicted octanol–water partition coefficient (Wildman–Crippen LogP) is 17.8. The fourth-order valence-electron chi connectivity index (χ4n) is 10.9. The third-order valence-corrected chi connectivity index (χ3v) is 13.8. The summed E-state index contributed by atoms with van der Waals surface area (Å²) in [7, 11) is 0. The maximum atomic E-state index is 7.07. The zero-order valence-electron chi connectivity index (χ0n) is 34.2. The van der Waals surface area contributed by atoms with E-state index in [1.807, 2.05) is 0 Å². The fraction of sp³-hybridized carbons (Fsp3) is 0. The molecule has 14 aromatic rings. The molecule has 63 heavy (non-hydrogen) atoms. The predicted molar refractivity (Wildman–Crippen MR) is 269 cm³/mol. The van der Waals surface area contributed by atoms with Crippen molar-refractivity contribution in [2.75, 3.05) is 0 Å². The number of hydrogen-bond donors (Lipinski definition) is 0. The van der Waals surface area contributed by atoms with Gasteiger partial charge in [-0.25, -0.2) is 0 Å². The van der Waals surface area contributed by atoms with Gasteiger partial charge in [-0.15, -0.1) is 0 Å². The lowest BCUT2D eigenvalue weighted by Gasteiger charge is -2.17. The second-order valence-electron chi connectivity index (χ2n) is 17.1. The van der Waals surface area contributed by atoms with E-state index in [1.165, 1.54) is 109 Å². The van der Waals surface area contributed by atoms with E-state index in [9.17, 15) is 0 Å². The van der Waals surface area contributed by atoms with Crippen LogP contribution < -0.4 is 0 Å². The molecule has 14 rings (SSSR count). The van der Waals surface area contributed by atoms with Crippen molar-refractivity contribution in [2.45, 2.75) is 0 Å². The SMILES string of the molecule is c1ccc(-c2ccc3ccc4c(-c5ccc(-c6ccc(-c7c8ccccc8cc8c7ccc7ccccc78)cc6)c6oc7cc8ccccc8cc7c56)ccc5ccc2c3c54)cc1. The zero-order chi connectivity index (χ0) is 41.2. The van der Waals surface area contributed by atoms with E-state index in [0.717, 1.165) is 33.1 Å². The Hall–Kier alpha value is -8.26. The van der Waals surface area contributed by atoms with Crippen molar-refractivity contribution in [3.05, 3.63) is 218 Å². The van der Waals surface area contributed by atoms with E-state index >= 15 is 0 Å². The molecule has 0 aliphatic rings. The van der Waals surface area contributed by atoms with Gasteiger partial charge in [0.15, 0.2) is 0 Å². The van der Waals surface area contributed by atoms with Gasteiger partial charge < -0.3 is 4.42 Å². The van der Waals surface area contributed by atoms with E-state index in [2.05, 4.69) is 218 Å². The van der Waals surface area contributed by atoms with Crippen LogP contribution in [0.25, 0.3) is 142 Å². The van der Waals surface area contributed by atoms with E-state index in [0.29, 0.717) is 0 Å². The molecule has 1 nitrogen and oxygen atoms in total. The van der Waals surface area contributed by atoms with Crippen molar-refractivity contribution >= 4 is 97.3 Å².